The molecular weight excluding hydrogens is 366 g/mol. The number of nitrogens with one attached hydrogen (secondary N) is 1. The molecular formula is C23H25N3OS. The average Bonchev–Trinajstić information content (AvgIpc) is 3.39. The maximum atomic E-state index is 12.1. The number of thiophene rings is 1. The lowest BCUT2D eigenvalue weighted by Crippen LogP contribution is -2.22. The maximum Gasteiger partial charge on any atom is 0.261 e. The molecule has 0 bridgehead atoms. The SMILES string of the molecule is CCNC(=O)c1ccc(C2CCCN2Cc2ccc(-c3ccccn3)cc2)s1. The molecule has 3 aromatic rings. The molecule has 2 aromatic heterocycles. The van der Waals surface area contributed by atoms with Gasteiger partial charge in [0.2, 0.25) is 0 Å². The van der Waals surface area contributed by atoms with E-state index in [4.69, 9.17) is 0 Å². The Hall–Kier alpha value is -2.50. The molecule has 1 N–H and O–H groups in total. The third-order valence-corrected chi connectivity index (χ3v) is 6.37. The predicted molar refractivity (Wildman–Crippen MR) is 114 cm³/mol. The van der Waals surface area contributed by atoms with Crippen LogP contribution in [-0.4, -0.2) is 28.9 Å². The van der Waals surface area contributed by atoms with Crippen molar-refractivity contribution in [3.63, 3.8) is 0 Å². The van der Waals surface area contributed by atoms with E-state index in [1.54, 1.807) is 11.3 Å². The fourth-order valence-corrected chi connectivity index (χ4v) is 4.88. The smallest absolute Gasteiger partial charge is 0.261 e. The lowest BCUT2D eigenvalue weighted by Gasteiger charge is -2.23. The largest absolute Gasteiger partial charge is 0.352 e. The molecule has 1 aliphatic heterocycles. The van der Waals surface area contributed by atoms with Gasteiger partial charge >= 0.3 is 0 Å². The standard InChI is InChI=1S/C23H25N3OS/c1-2-24-23(27)22-13-12-21(28-22)20-7-5-15-26(20)16-17-8-10-18(11-9-17)19-6-3-4-14-25-19/h3-4,6,8-14,20H,2,5,7,15-16H2,1H3,(H,24,27). The van der Waals surface area contributed by atoms with Crippen LogP contribution in [0.15, 0.2) is 60.8 Å². The first-order chi connectivity index (χ1) is 13.7. The second-order valence-electron chi connectivity index (χ2n) is 7.10. The van der Waals surface area contributed by atoms with Crippen LogP contribution >= 0.6 is 11.3 Å². The predicted octanol–water partition coefficient (Wildman–Crippen LogP) is 4.90. The molecule has 144 valence electrons. The highest BCUT2D eigenvalue weighted by Gasteiger charge is 2.27. The highest BCUT2D eigenvalue weighted by atomic mass is 32.1. The zero-order chi connectivity index (χ0) is 19.3. The summed E-state index contributed by atoms with van der Waals surface area (Å²) in [7, 11) is 0. The molecule has 1 atom stereocenters. The Morgan fingerprint density at radius 3 is 2.79 bits per heavy atom. The number of hydrogen-bond donors (Lipinski definition) is 1. The number of carbonyl (C=O) groups excluding carboxylic acids is 1. The molecule has 1 aromatic carbocycles. The molecule has 1 aliphatic rings. The minimum Gasteiger partial charge on any atom is -0.352 e. The van der Waals surface area contributed by atoms with E-state index >= 15 is 0 Å². The Morgan fingerprint density at radius 2 is 2.04 bits per heavy atom. The third kappa shape index (κ3) is 4.16. The van der Waals surface area contributed by atoms with E-state index in [1.807, 2.05) is 37.4 Å². The number of amides is 1. The number of nitrogens with zero attached hydrogens (tertiary/aromatic N) is 2. The summed E-state index contributed by atoms with van der Waals surface area (Å²) in [6.45, 7) is 4.64. The summed E-state index contributed by atoms with van der Waals surface area (Å²) < 4.78 is 0. The Kier molecular flexibility index (Phi) is 5.84. The molecule has 5 heteroatoms. The van der Waals surface area contributed by atoms with E-state index in [-0.39, 0.29) is 5.91 Å². The Bertz CT molecular complexity index is 921. The van der Waals surface area contributed by atoms with Gasteiger partial charge in [-0.2, -0.15) is 0 Å². The van der Waals surface area contributed by atoms with Crippen LogP contribution in [0.4, 0.5) is 0 Å². The van der Waals surface area contributed by atoms with Crippen LogP contribution in [0.1, 0.15) is 45.9 Å². The monoisotopic (exact) mass is 391 g/mol. The molecule has 1 unspecified atom stereocenters. The number of hydrogen-bond acceptors (Lipinski definition) is 4. The van der Waals surface area contributed by atoms with Gasteiger partial charge in [0.25, 0.3) is 5.91 Å². The van der Waals surface area contributed by atoms with Gasteiger partial charge in [0, 0.05) is 35.8 Å². The molecule has 0 saturated carbocycles. The first-order valence-electron chi connectivity index (χ1n) is 9.87. The van der Waals surface area contributed by atoms with Gasteiger partial charge in [-0.05, 0) is 56.1 Å². The summed E-state index contributed by atoms with van der Waals surface area (Å²) in [6.07, 6.45) is 4.18. The number of pyridine rings is 1. The van der Waals surface area contributed by atoms with E-state index in [1.165, 1.54) is 16.9 Å². The van der Waals surface area contributed by atoms with Crippen molar-refractivity contribution >= 4 is 17.2 Å². The van der Waals surface area contributed by atoms with Crippen molar-refractivity contribution in [3.8, 4) is 11.3 Å². The van der Waals surface area contributed by atoms with Crippen molar-refractivity contribution in [1.82, 2.24) is 15.2 Å². The van der Waals surface area contributed by atoms with Crippen LogP contribution in [0.2, 0.25) is 0 Å². The molecule has 4 rings (SSSR count). The second-order valence-corrected chi connectivity index (χ2v) is 8.22. The van der Waals surface area contributed by atoms with Crippen LogP contribution in [0.5, 0.6) is 0 Å². The van der Waals surface area contributed by atoms with Gasteiger partial charge in [-0.15, -0.1) is 11.3 Å². The molecule has 0 radical (unpaired) electrons. The average molecular weight is 392 g/mol. The number of rotatable bonds is 6. The van der Waals surface area contributed by atoms with Gasteiger partial charge in [0.15, 0.2) is 0 Å². The fourth-order valence-electron chi connectivity index (χ4n) is 3.79. The van der Waals surface area contributed by atoms with Gasteiger partial charge in [0.05, 0.1) is 10.6 Å². The first-order valence-corrected chi connectivity index (χ1v) is 10.7. The summed E-state index contributed by atoms with van der Waals surface area (Å²) in [4.78, 5) is 21.1. The van der Waals surface area contributed by atoms with Crippen molar-refractivity contribution < 1.29 is 4.79 Å². The molecule has 0 aliphatic carbocycles. The Morgan fingerprint density at radius 1 is 1.18 bits per heavy atom. The van der Waals surface area contributed by atoms with Crippen LogP contribution < -0.4 is 5.32 Å². The van der Waals surface area contributed by atoms with Crippen LogP contribution in [0.3, 0.4) is 0 Å². The van der Waals surface area contributed by atoms with Crippen LogP contribution in [-0.2, 0) is 6.54 Å². The highest BCUT2D eigenvalue weighted by Crippen LogP contribution is 2.37. The number of aromatic nitrogens is 1. The van der Waals surface area contributed by atoms with Gasteiger partial charge in [0.1, 0.15) is 0 Å². The summed E-state index contributed by atoms with van der Waals surface area (Å²) in [5.74, 6) is 0.0356. The van der Waals surface area contributed by atoms with E-state index in [0.29, 0.717) is 12.6 Å². The lowest BCUT2D eigenvalue weighted by molar-refractivity contribution is 0.0960. The highest BCUT2D eigenvalue weighted by molar-refractivity contribution is 7.14. The van der Waals surface area contributed by atoms with E-state index < -0.39 is 0 Å². The van der Waals surface area contributed by atoms with Crippen molar-refractivity contribution in [3.05, 3.63) is 76.1 Å². The van der Waals surface area contributed by atoms with Crippen molar-refractivity contribution in [2.45, 2.75) is 32.4 Å². The Balaban J connectivity index is 1.45. The first kappa shape index (κ1) is 18.8. The molecule has 4 nitrogen and oxygen atoms in total. The summed E-state index contributed by atoms with van der Waals surface area (Å²) in [5, 5.41) is 2.89. The second kappa shape index (κ2) is 8.67. The summed E-state index contributed by atoms with van der Waals surface area (Å²) in [5.41, 5.74) is 3.46. The molecule has 3 heterocycles. The van der Waals surface area contributed by atoms with Crippen molar-refractivity contribution in [1.29, 1.82) is 0 Å². The summed E-state index contributed by atoms with van der Waals surface area (Å²) in [6, 6.07) is 19.2. The minimum absolute atomic E-state index is 0.0356. The number of carbonyl (C=O) groups is 1. The molecule has 0 spiro atoms. The number of benzene rings is 1. The lowest BCUT2D eigenvalue weighted by atomic mass is 10.1. The molecule has 1 saturated heterocycles. The summed E-state index contributed by atoms with van der Waals surface area (Å²) >= 11 is 1.63. The van der Waals surface area contributed by atoms with Crippen molar-refractivity contribution in [2.24, 2.45) is 0 Å². The van der Waals surface area contributed by atoms with E-state index in [0.717, 1.165) is 35.6 Å². The van der Waals surface area contributed by atoms with Gasteiger partial charge in [-0.1, -0.05) is 30.3 Å². The van der Waals surface area contributed by atoms with Gasteiger partial charge in [-0.25, -0.2) is 0 Å². The van der Waals surface area contributed by atoms with Gasteiger partial charge < -0.3 is 5.32 Å². The quantitative estimate of drug-likeness (QED) is 0.650. The van der Waals surface area contributed by atoms with E-state index in [9.17, 15) is 4.79 Å². The zero-order valence-corrected chi connectivity index (χ0v) is 16.9. The minimum atomic E-state index is 0.0356. The molecule has 1 amide bonds. The molecule has 28 heavy (non-hydrogen) atoms. The van der Waals surface area contributed by atoms with Gasteiger partial charge in [-0.3, -0.25) is 14.7 Å². The van der Waals surface area contributed by atoms with Crippen LogP contribution in [0.25, 0.3) is 11.3 Å². The van der Waals surface area contributed by atoms with E-state index in [2.05, 4.69) is 45.5 Å². The zero-order valence-electron chi connectivity index (χ0n) is 16.1. The third-order valence-electron chi connectivity index (χ3n) is 5.18. The normalized spacial score (nSPS) is 17.0. The van der Waals surface area contributed by atoms with Crippen LogP contribution in [0, 0.1) is 0 Å². The molecule has 1 fully saturated rings. The van der Waals surface area contributed by atoms with Crippen molar-refractivity contribution in [2.75, 3.05) is 13.1 Å². The maximum absolute atomic E-state index is 12.1. The Labute approximate surface area is 170 Å². The fraction of sp³-hybridized carbons (Fsp3) is 0.304. The number of likely N-dealkylation sites (tertiary alicyclic amines) is 1. The topological polar surface area (TPSA) is 45.2 Å².